The average molecular weight is 311 g/mol. The minimum Gasteiger partial charge on any atom is -0.486 e. The first kappa shape index (κ1) is 16.0. The van der Waals surface area contributed by atoms with Crippen molar-refractivity contribution in [3.63, 3.8) is 0 Å². The van der Waals surface area contributed by atoms with Gasteiger partial charge >= 0.3 is 0 Å². The summed E-state index contributed by atoms with van der Waals surface area (Å²) in [6.45, 7) is 6.62. The van der Waals surface area contributed by atoms with E-state index in [1.165, 1.54) is 11.1 Å². The van der Waals surface area contributed by atoms with Gasteiger partial charge < -0.3 is 9.47 Å². The second kappa shape index (κ2) is 7.62. The van der Waals surface area contributed by atoms with E-state index in [9.17, 15) is 0 Å². The first-order chi connectivity index (χ1) is 11.3. The first-order valence-corrected chi connectivity index (χ1v) is 8.38. The van der Waals surface area contributed by atoms with Crippen LogP contribution in [0.1, 0.15) is 30.5 Å². The van der Waals surface area contributed by atoms with Gasteiger partial charge in [0.25, 0.3) is 0 Å². The summed E-state index contributed by atoms with van der Waals surface area (Å²) in [6, 6.07) is 19.0. The zero-order chi connectivity index (χ0) is 16.1. The Kier molecular flexibility index (Phi) is 5.31. The van der Waals surface area contributed by atoms with Gasteiger partial charge in [-0.15, -0.1) is 0 Å². The van der Waals surface area contributed by atoms with Crippen LogP contribution in [-0.2, 0) is 4.74 Å². The van der Waals surface area contributed by atoms with E-state index in [0.29, 0.717) is 13.3 Å². The molecule has 1 aliphatic rings. The van der Waals surface area contributed by atoms with Crippen molar-refractivity contribution in [2.75, 3.05) is 19.9 Å². The van der Waals surface area contributed by atoms with Gasteiger partial charge in [0.2, 0.25) is 0 Å². The predicted molar refractivity (Wildman–Crippen MR) is 92.6 cm³/mol. The molecule has 0 spiro atoms. The summed E-state index contributed by atoms with van der Waals surface area (Å²) >= 11 is 0. The molecule has 0 bridgehead atoms. The lowest BCUT2D eigenvalue weighted by Crippen LogP contribution is -2.48. The molecule has 3 rings (SSSR count). The Labute approximate surface area is 138 Å². The van der Waals surface area contributed by atoms with Gasteiger partial charge in [0, 0.05) is 6.54 Å². The Bertz CT molecular complexity index is 595. The monoisotopic (exact) mass is 311 g/mol. The molecule has 2 aromatic carbocycles. The van der Waals surface area contributed by atoms with Crippen LogP contribution < -0.4 is 4.74 Å². The molecule has 0 aromatic heterocycles. The molecule has 1 aliphatic heterocycles. The van der Waals surface area contributed by atoms with Crippen LogP contribution in [-0.4, -0.2) is 30.9 Å². The van der Waals surface area contributed by atoms with Crippen molar-refractivity contribution in [2.45, 2.75) is 32.4 Å². The van der Waals surface area contributed by atoms with Gasteiger partial charge in [0.05, 0.1) is 19.4 Å². The third-order valence-corrected chi connectivity index (χ3v) is 4.25. The van der Waals surface area contributed by atoms with E-state index in [1.807, 2.05) is 30.3 Å². The number of para-hydroxylation sites is 1. The summed E-state index contributed by atoms with van der Waals surface area (Å²) in [4.78, 5) is 2.38. The predicted octanol–water partition coefficient (Wildman–Crippen LogP) is 4.18. The van der Waals surface area contributed by atoms with Crippen LogP contribution in [0.25, 0.3) is 0 Å². The second-order valence-electron chi connectivity index (χ2n) is 6.14. The molecule has 3 nitrogen and oxygen atoms in total. The lowest BCUT2D eigenvalue weighted by atomic mass is 9.97. The fourth-order valence-corrected chi connectivity index (χ4v) is 3.14. The molecule has 0 saturated carbocycles. The lowest BCUT2D eigenvalue weighted by molar-refractivity contribution is -0.111. The average Bonchev–Trinajstić information content (AvgIpc) is 2.58. The number of ether oxygens (including phenoxy) is 2. The highest BCUT2D eigenvalue weighted by Crippen LogP contribution is 2.31. The third-order valence-electron chi connectivity index (χ3n) is 4.25. The molecule has 0 amide bonds. The molecule has 122 valence electrons. The van der Waals surface area contributed by atoms with Crippen LogP contribution in [0.15, 0.2) is 54.6 Å². The highest BCUT2D eigenvalue weighted by atomic mass is 16.5. The molecule has 2 aromatic rings. The fraction of sp³-hybridized carbons (Fsp3) is 0.400. The number of aryl methyl sites for hydroxylation is 1. The van der Waals surface area contributed by atoms with E-state index in [1.54, 1.807) is 0 Å². The summed E-state index contributed by atoms with van der Waals surface area (Å²) in [7, 11) is 0. The van der Waals surface area contributed by atoms with Crippen molar-refractivity contribution in [1.29, 1.82) is 0 Å². The summed E-state index contributed by atoms with van der Waals surface area (Å²) in [5, 5.41) is 0. The van der Waals surface area contributed by atoms with Gasteiger partial charge in [-0.05, 0) is 31.0 Å². The van der Waals surface area contributed by atoms with E-state index < -0.39 is 0 Å². The molecule has 0 radical (unpaired) electrons. The number of hydrogen-bond acceptors (Lipinski definition) is 3. The number of nitrogens with zero attached hydrogens (tertiary/aromatic N) is 1. The molecule has 3 heteroatoms. The van der Waals surface area contributed by atoms with Gasteiger partial charge in [-0.25, -0.2) is 0 Å². The van der Waals surface area contributed by atoms with Crippen molar-refractivity contribution >= 4 is 0 Å². The molecule has 23 heavy (non-hydrogen) atoms. The maximum Gasteiger partial charge on any atom is 0.142 e. The molecule has 1 fully saturated rings. The largest absolute Gasteiger partial charge is 0.486 e. The molecule has 0 aliphatic carbocycles. The Morgan fingerprint density at radius 2 is 1.83 bits per heavy atom. The maximum absolute atomic E-state index is 6.26. The molecule has 1 saturated heterocycles. The standard InChI is InChI=1S/C20H25NO2/c1-3-13-21-15-22-14-19(23-18-7-5-4-6-8-18)20(21)17-11-9-16(2)10-12-17/h4-12,19-20H,3,13-15H2,1-2H3/t19-,20-/m1/s1. The van der Waals surface area contributed by atoms with Gasteiger partial charge in [0.15, 0.2) is 0 Å². The smallest absolute Gasteiger partial charge is 0.142 e. The Hall–Kier alpha value is -1.84. The summed E-state index contributed by atoms with van der Waals surface area (Å²) in [6.07, 6.45) is 1.10. The van der Waals surface area contributed by atoms with Crippen LogP contribution in [0.2, 0.25) is 0 Å². The first-order valence-electron chi connectivity index (χ1n) is 8.38. The van der Waals surface area contributed by atoms with Gasteiger partial charge in [-0.2, -0.15) is 0 Å². The highest BCUT2D eigenvalue weighted by Gasteiger charge is 2.34. The minimum atomic E-state index is 0.000376. The van der Waals surface area contributed by atoms with Crippen molar-refractivity contribution in [1.82, 2.24) is 4.90 Å². The lowest BCUT2D eigenvalue weighted by Gasteiger charge is -2.41. The van der Waals surface area contributed by atoms with Crippen molar-refractivity contribution in [3.05, 3.63) is 65.7 Å². The van der Waals surface area contributed by atoms with Crippen molar-refractivity contribution < 1.29 is 9.47 Å². The number of benzene rings is 2. The zero-order valence-corrected chi connectivity index (χ0v) is 13.9. The molecule has 2 atom stereocenters. The zero-order valence-electron chi connectivity index (χ0n) is 13.9. The van der Waals surface area contributed by atoms with Crippen LogP contribution in [0, 0.1) is 6.92 Å². The van der Waals surface area contributed by atoms with E-state index in [4.69, 9.17) is 9.47 Å². The second-order valence-corrected chi connectivity index (χ2v) is 6.14. The van der Waals surface area contributed by atoms with Crippen LogP contribution >= 0.6 is 0 Å². The normalized spacial score (nSPS) is 22.0. The molecular formula is C20H25NO2. The third kappa shape index (κ3) is 3.92. The Morgan fingerprint density at radius 3 is 2.52 bits per heavy atom. The van der Waals surface area contributed by atoms with E-state index in [-0.39, 0.29) is 12.1 Å². The fourth-order valence-electron chi connectivity index (χ4n) is 3.14. The highest BCUT2D eigenvalue weighted by molar-refractivity contribution is 5.27. The molecule has 0 unspecified atom stereocenters. The SMILES string of the molecule is CCCN1COC[C@@H](Oc2ccccc2)[C@H]1c1ccc(C)cc1. The Balaban J connectivity index is 1.86. The van der Waals surface area contributed by atoms with Crippen LogP contribution in [0.5, 0.6) is 5.75 Å². The van der Waals surface area contributed by atoms with E-state index in [2.05, 4.69) is 43.0 Å². The Morgan fingerprint density at radius 1 is 1.09 bits per heavy atom. The summed E-state index contributed by atoms with van der Waals surface area (Å²) in [5.74, 6) is 0.900. The molecular weight excluding hydrogens is 286 g/mol. The van der Waals surface area contributed by atoms with E-state index in [0.717, 1.165) is 18.7 Å². The molecule has 0 N–H and O–H groups in total. The summed E-state index contributed by atoms with van der Waals surface area (Å²) < 4.78 is 12.1. The van der Waals surface area contributed by atoms with Crippen molar-refractivity contribution in [3.8, 4) is 5.75 Å². The van der Waals surface area contributed by atoms with Crippen molar-refractivity contribution in [2.24, 2.45) is 0 Å². The van der Waals surface area contributed by atoms with Gasteiger partial charge in [-0.3, -0.25) is 4.90 Å². The minimum absolute atomic E-state index is 0.000376. The maximum atomic E-state index is 6.26. The number of rotatable bonds is 5. The molecule has 1 heterocycles. The van der Waals surface area contributed by atoms with Gasteiger partial charge in [-0.1, -0.05) is 55.0 Å². The van der Waals surface area contributed by atoms with Gasteiger partial charge in [0.1, 0.15) is 11.9 Å². The topological polar surface area (TPSA) is 21.7 Å². The quantitative estimate of drug-likeness (QED) is 0.826. The summed E-state index contributed by atoms with van der Waals surface area (Å²) in [5.41, 5.74) is 2.58. The number of hydrogen-bond donors (Lipinski definition) is 0. The van der Waals surface area contributed by atoms with Crippen LogP contribution in [0.3, 0.4) is 0 Å². The van der Waals surface area contributed by atoms with Crippen LogP contribution in [0.4, 0.5) is 0 Å². The van der Waals surface area contributed by atoms with E-state index >= 15 is 0 Å².